The van der Waals surface area contributed by atoms with Crippen LogP contribution in [0.5, 0.6) is 0 Å². The van der Waals surface area contributed by atoms with Crippen molar-refractivity contribution in [1.82, 2.24) is 0 Å². The molecule has 0 aliphatic carbocycles. The third-order valence-corrected chi connectivity index (χ3v) is 3.14. The number of carbonyl (C=O) groups excluding carboxylic acids is 1. The molecule has 0 aromatic heterocycles. The maximum absolute atomic E-state index is 11.9. The molecule has 1 fully saturated rings. The first-order valence-corrected chi connectivity index (χ1v) is 6.49. The molecule has 5 heteroatoms. The van der Waals surface area contributed by atoms with Crippen LogP contribution in [0.25, 0.3) is 0 Å². The lowest BCUT2D eigenvalue weighted by Gasteiger charge is -2.21. The van der Waals surface area contributed by atoms with Crippen LogP contribution < -0.4 is 16.0 Å². The number of rotatable bonds is 4. The molecular weight excluding hydrogens is 240 g/mol. The molecule has 1 aliphatic rings. The van der Waals surface area contributed by atoms with Crippen molar-refractivity contribution in [3.63, 3.8) is 0 Å². The van der Waals surface area contributed by atoms with Crippen LogP contribution in [-0.2, 0) is 4.79 Å². The molecule has 1 aromatic carbocycles. The molecule has 1 amide bonds. The van der Waals surface area contributed by atoms with Gasteiger partial charge < -0.3 is 16.0 Å². The minimum Gasteiger partial charge on any atom is -0.383 e. The van der Waals surface area contributed by atoms with Gasteiger partial charge in [-0.1, -0.05) is 6.92 Å². The van der Waals surface area contributed by atoms with Crippen LogP contribution in [0.3, 0.4) is 0 Å². The summed E-state index contributed by atoms with van der Waals surface area (Å²) in [5, 5.41) is 12.3. The van der Waals surface area contributed by atoms with E-state index in [1.54, 1.807) is 17.0 Å². The van der Waals surface area contributed by atoms with Crippen LogP contribution in [0.1, 0.15) is 25.3 Å². The van der Waals surface area contributed by atoms with Gasteiger partial charge in [0.1, 0.15) is 0 Å². The molecule has 2 rings (SSSR count). The van der Waals surface area contributed by atoms with Gasteiger partial charge in [0, 0.05) is 25.6 Å². The van der Waals surface area contributed by atoms with E-state index in [9.17, 15) is 4.79 Å². The van der Waals surface area contributed by atoms with E-state index in [-0.39, 0.29) is 11.9 Å². The molecule has 0 radical (unpaired) electrons. The number of hydrogen-bond donors (Lipinski definition) is 2. The number of nitrogens with zero attached hydrogens (tertiary/aromatic N) is 2. The quantitative estimate of drug-likeness (QED) is 0.856. The van der Waals surface area contributed by atoms with Crippen molar-refractivity contribution >= 4 is 17.3 Å². The lowest BCUT2D eigenvalue weighted by atomic mass is 10.1. The monoisotopic (exact) mass is 258 g/mol. The third-order valence-electron chi connectivity index (χ3n) is 3.14. The first-order chi connectivity index (χ1) is 9.15. The van der Waals surface area contributed by atoms with Crippen LogP contribution in [0.4, 0.5) is 11.4 Å². The van der Waals surface area contributed by atoms with E-state index in [0.717, 1.165) is 24.3 Å². The molecular formula is C14H18N4O. The second-order valence-corrected chi connectivity index (χ2v) is 4.74. The molecule has 1 aromatic rings. The van der Waals surface area contributed by atoms with Gasteiger partial charge in [-0.05, 0) is 24.6 Å². The van der Waals surface area contributed by atoms with Crippen molar-refractivity contribution in [2.24, 2.45) is 5.73 Å². The number of amides is 1. The minimum absolute atomic E-state index is 0.0159. The standard InChI is InChI=1S/C14H18N4O/c1-2-5-17-12-4-3-10(8-15)6-13(12)18-9-11(16)7-14(18)19/h3-4,6,11,17H,2,5,7,9,16H2,1H3. The number of hydrogen-bond acceptors (Lipinski definition) is 4. The normalized spacial score (nSPS) is 18.5. The summed E-state index contributed by atoms with van der Waals surface area (Å²) in [4.78, 5) is 13.6. The summed E-state index contributed by atoms with van der Waals surface area (Å²) >= 11 is 0. The summed E-state index contributed by atoms with van der Waals surface area (Å²) in [5.41, 5.74) is 8.01. The van der Waals surface area contributed by atoms with Crippen molar-refractivity contribution in [3.05, 3.63) is 23.8 Å². The Morgan fingerprint density at radius 2 is 2.37 bits per heavy atom. The summed E-state index contributed by atoms with van der Waals surface area (Å²) < 4.78 is 0. The average Bonchev–Trinajstić information content (AvgIpc) is 2.75. The number of nitriles is 1. The molecule has 1 atom stereocenters. The Hall–Kier alpha value is -2.06. The van der Waals surface area contributed by atoms with Crippen molar-refractivity contribution in [2.45, 2.75) is 25.8 Å². The second-order valence-electron chi connectivity index (χ2n) is 4.74. The Morgan fingerprint density at radius 1 is 1.58 bits per heavy atom. The lowest BCUT2D eigenvalue weighted by Crippen LogP contribution is -2.28. The van der Waals surface area contributed by atoms with Gasteiger partial charge in [-0.3, -0.25) is 4.79 Å². The first kappa shape index (κ1) is 13.4. The molecule has 3 N–H and O–H groups in total. The van der Waals surface area contributed by atoms with Crippen LogP contribution in [0.2, 0.25) is 0 Å². The molecule has 0 bridgehead atoms. The highest BCUT2D eigenvalue weighted by molar-refractivity contribution is 5.99. The van der Waals surface area contributed by atoms with Crippen molar-refractivity contribution in [1.29, 1.82) is 5.26 Å². The van der Waals surface area contributed by atoms with E-state index in [1.807, 2.05) is 6.07 Å². The number of nitrogens with two attached hydrogens (primary N) is 1. The second kappa shape index (κ2) is 5.72. The number of benzene rings is 1. The number of anilines is 2. The summed E-state index contributed by atoms with van der Waals surface area (Å²) in [6.07, 6.45) is 1.36. The van der Waals surface area contributed by atoms with Crippen molar-refractivity contribution < 1.29 is 4.79 Å². The van der Waals surface area contributed by atoms with Gasteiger partial charge in [-0.15, -0.1) is 0 Å². The van der Waals surface area contributed by atoms with E-state index in [2.05, 4.69) is 18.3 Å². The van der Waals surface area contributed by atoms with Crippen LogP contribution in [0, 0.1) is 11.3 Å². The molecule has 19 heavy (non-hydrogen) atoms. The zero-order chi connectivity index (χ0) is 13.8. The molecule has 1 unspecified atom stereocenters. The Bertz CT molecular complexity index is 521. The molecule has 1 saturated heterocycles. The molecule has 100 valence electrons. The molecule has 1 aliphatic heterocycles. The maximum atomic E-state index is 11.9. The first-order valence-electron chi connectivity index (χ1n) is 6.49. The molecule has 1 heterocycles. The Morgan fingerprint density at radius 3 is 2.95 bits per heavy atom. The van der Waals surface area contributed by atoms with Crippen LogP contribution >= 0.6 is 0 Å². The topological polar surface area (TPSA) is 82.2 Å². The van der Waals surface area contributed by atoms with E-state index < -0.39 is 0 Å². The number of nitrogens with one attached hydrogen (secondary N) is 1. The Balaban J connectivity index is 2.35. The predicted octanol–water partition coefficient (Wildman–Crippen LogP) is 1.44. The van der Waals surface area contributed by atoms with Gasteiger partial charge in [0.2, 0.25) is 5.91 Å². The molecule has 0 saturated carbocycles. The largest absolute Gasteiger partial charge is 0.383 e. The fourth-order valence-corrected chi connectivity index (χ4v) is 2.20. The van der Waals surface area contributed by atoms with Gasteiger partial charge in [-0.2, -0.15) is 5.26 Å². The zero-order valence-corrected chi connectivity index (χ0v) is 11.0. The molecule has 5 nitrogen and oxygen atoms in total. The summed E-state index contributed by atoms with van der Waals surface area (Å²) in [6.45, 7) is 3.41. The van der Waals surface area contributed by atoms with Gasteiger partial charge in [-0.25, -0.2) is 0 Å². The smallest absolute Gasteiger partial charge is 0.228 e. The van der Waals surface area contributed by atoms with Crippen molar-refractivity contribution in [3.8, 4) is 6.07 Å². The fourth-order valence-electron chi connectivity index (χ4n) is 2.20. The van der Waals surface area contributed by atoms with E-state index >= 15 is 0 Å². The van der Waals surface area contributed by atoms with E-state index in [4.69, 9.17) is 11.0 Å². The lowest BCUT2D eigenvalue weighted by molar-refractivity contribution is -0.117. The highest BCUT2D eigenvalue weighted by Crippen LogP contribution is 2.30. The van der Waals surface area contributed by atoms with E-state index in [0.29, 0.717) is 18.5 Å². The van der Waals surface area contributed by atoms with Gasteiger partial charge >= 0.3 is 0 Å². The van der Waals surface area contributed by atoms with Crippen LogP contribution in [-0.4, -0.2) is 25.0 Å². The molecule has 0 spiro atoms. The van der Waals surface area contributed by atoms with Crippen molar-refractivity contribution in [2.75, 3.05) is 23.3 Å². The maximum Gasteiger partial charge on any atom is 0.228 e. The SMILES string of the molecule is CCCNc1ccc(C#N)cc1N1CC(N)CC1=O. The fraction of sp³-hybridized carbons (Fsp3) is 0.429. The Labute approximate surface area is 113 Å². The third kappa shape index (κ3) is 2.85. The summed E-state index contributed by atoms with van der Waals surface area (Å²) in [6, 6.07) is 7.32. The number of carbonyl (C=O) groups is 1. The highest BCUT2D eigenvalue weighted by atomic mass is 16.2. The highest BCUT2D eigenvalue weighted by Gasteiger charge is 2.29. The van der Waals surface area contributed by atoms with Crippen LogP contribution in [0.15, 0.2) is 18.2 Å². The van der Waals surface area contributed by atoms with E-state index in [1.165, 1.54) is 0 Å². The van der Waals surface area contributed by atoms with Gasteiger partial charge in [0.05, 0.1) is 23.0 Å². The Kier molecular flexibility index (Phi) is 4.03. The minimum atomic E-state index is -0.128. The predicted molar refractivity (Wildman–Crippen MR) is 74.9 cm³/mol. The average molecular weight is 258 g/mol. The zero-order valence-electron chi connectivity index (χ0n) is 11.0. The van der Waals surface area contributed by atoms with Gasteiger partial charge in [0.25, 0.3) is 0 Å². The summed E-state index contributed by atoms with van der Waals surface area (Å²) in [7, 11) is 0. The summed E-state index contributed by atoms with van der Waals surface area (Å²) in [5.74, 6) is 0.0159. The van der Waals surface area contributed by atoms with Gasteiger partial charge in [0.15, 0.2) is 0 Å².